The molecule has 1 aromatic rings. The van der Waals surface area contributed by atoms with Gasteiger partial charge in [-0.1, -0.05) is 30.5 Å². The van der Waals surface area contributed by atoms with Crippen LogP contribution in [0.4, 0.5) is 0 Å². The van der Waals surface area contributed by atoms with Gasteiger partial charge in [0, 0.05) is 17.1 Å². The summed E-state index contributed by atoms with van der Waals surface area (Å²) in [7, 11) is 0. The molecule has 3 nitrogen and oxygen atoms in total. The number of halogens is 1. The van der Waals surface area contributed by atoms with E-state index in [0.29, 0.717) is 18.2 Å². The second-order valence-electron chi connectivity index (χ2n) is 5.94. The molecule has 1 unspecified atom stereocenters. The maximum atomic E-state index is 6.25. The van der Waals surface area contributed by atoms with Gasteiger partial charge >= 0.3 is 0 Å². The van der Waals surface area contributed by atoms with Crippen LogP contribution in [-0.2, 0) is 11.3 Å². The average Bonchev–Trinajstić information content (AvgIpc) is 3.07. The van der Waals surface area contributed by atoms with Crippen molar-refractivity contribution in [2.45, 2.75) is 56.8 Å². The van der Waals surface area contributed by atoms with Crippen LogP contribution in [-0.4, -0.2) is 18.3 Å². The van der Waals surface area contributed by atoms with Gasteiger partial charge in [-0.15, -0.1) is 0 Å². The first kappa shape index (κ1) is 14.2. The summed E-state index contributed by atoms with van der Waals surface area (Å²) in [4.78, 5) is 0. The van der Waals surface area contributed by atoms with Gasteiger partial charge in [-0.25, -0.2) is 0 Å². The van der Waals surface area contributed by atoms with Crippen LogP contribution in [0.5, 0.6) is 5.75 Å². The molecule has 0 bridgehead atoms. The molecule has 1 heterocycles. The fourth-order valence-electron chi connectivity index (χ4n) is 3.41. The number of rotatable bonds is 4. The quantitative estimate of drug-likeness (QED) is 0.922. The van der Waals surface area contributed by atoms with E-state index in [9.17, 15) is 0 Å². The van der Waals surface area contributed by atoms with Crippen LogP contribution in [0.1, 0.15) is 44.1 Å². The zero-order valence-electron chi connectivity index (χ0n) is 11.7. The highest BCUT2D eigenvalue weighted by Crippen LogP contribution is 2.43. The summed E-state index contributed by atoms with van der Waals surface area (Å²) in [5.41, 5.74) is 6.88. The molecular weight excluding hydrogens is 274 g/mol. The van der Waals surface area contributed by atoms with Crippen LogP contribution in [0, 0.1) is 0 Å². The summed E-state index contributed by atoms with van der Waals surface area (Å²) in [5, 5.41) is 0.678. The Morgan fingerprint density at radius 2 is 2.10 bits per heavy atom. The van der Waals surface area contributed by atoms with E-state index >= 15 is 0 Å². The summed E-state index contributed by atoms with van der Waals surface area (Å²) in [5.74, 6) is 0.788. The Bertz CT molecular complexity index is 472. The maximum Gasteiger partial charge on any atom is 0.125 e. The van der Waals surface area contributed by atoms with E-state index < -0.39 is 0 Å². The Morgan fingerprint density at radius 3 is 2.85 bits per heavy atom. The van der Waals surface area contributed by atoms with Crippen molar-refractivity contribution in [3.63, 3.8) is 0 Å². The lowest BCUT2D eigenvalue weighted by atomic mass is 9.98. The van der Waals surface area contributed by atoms with Crippen molar-refractivity contribution >= 4 is 11.6 Å². The van der Waals surface area contributed by atoms with E-state index in [1.54, 1.807) is 0 Å². The highest BCUT2D eigenvalue weighted by Gasteiger charge is 2.42. The Hall–Kier alpha value is -0.770. The second kappa shape index (κ2) is 5.92. The van der Waals surface area contributed by atoms with Crippen molar-refractivity contribution in [2.75, 3.05) is 6.61 Å². The highest BCUT2D eigenvalue weighted by atomic mass is 35.5. The summed E-state index contributed by atoms with van der Waals surface area (Å²) in [6.07, 6.45) is 7.53. The van der Waals surface area contributed by atoms with Gasteiger partial charge in [0.1, 0.15) is 12.4 Å². The van der Waals surface area contributed by atoms with Gasteiger partial charge in [-0.05, 0) is 37.8 Å². The molecule has 20 heavy (non-hydrogen) atoms. The molecule has 2 aliphatic rings. The average molecular weight is 296 g/mol. The molecule has 1 aromatic carbocycles. The molecule has 1 aliphatic heterocycles. The van der Waals surface area contributed by atoms with E-state index in [2.05, 4.69) is 0 Å². The molecule has 0 radical (unpaired) electrons. The lowest BCUT2D eigenvalue weighted by Gasteiger charge is -2.24. The summed E-state index contributed by atoms with van der Waals surface area (Å²) < 4.78 is 12.2. The third-order valence-corrected chi connectivity index (χ3v) is 4.76. The minimum Gasteiger partial charge on any atom is -0.490 e. The van der Waals surface area contributed by atoms with Crippen LogP contribution in [0.25, 0.3) is 0 Å². The molecule has 3 rings (SSSR count). The van der Waals surface area contributed by atoms with E-state index in [-0.39, 0.29) is 11.7 Å². The highest BCUT2D eigenvalue weighted by molar-refractivity contribution is 6.30. The van der Waals surface area contributed by atoms with Gasteiger partial charge in [0.15, 0.2) is 0 Å². The van der Waals surface area contributed by atoms with Gasteiger partial charge < -0.3 is 15.2 Å². The zero-order valence-corrected chi connectivity index (χ0v) is 12.5. The molecule has 0 aromatic heterocycles. The van der Waals surface area contributed by atoms with Gasteiger partial charge in [-0.2, -0.15) is 0 Å². The van der Waals surface area contributed by atoms with Crippen LogP contribution in [0.3, 0.4) is 0 Å². The van der Waals surface area contributed by atoms with Gasteiger partial charge in [-0.3, -0.25) is 0 Å². The van der Waals surface area contributed by atoms with Gasteiger partial charge in [0.2, 0.25) is 0 Å². The van der Waals surface area contributed by atoms with Crippen LogP contribution >= 0.6 is 11.6 Å². The van der Waals surface area contributed by atoms with Gasteiger partial charge in [0.05, 0.1) is 11.7 Å². The molecule has 1 atom stereocenters. The lowest BCUT2D eigenvalue weighted by molar-refractivity contribution is -0.0509. The lowest BCUT2D eigenvalue weighted by Crippen LogP contribution is -2.27. The first-order valence-electron chi connectivity index (χ1n) is 7.50. The van der Waals surface area contributed by atoms with Crippen molar-refractivity contribution in [3.8, 4) is 5.75 Å². The standard InChI is InChI=1S/C16H22ClNO2/c17-13-4-3-12(10-18)15(9-13)19-11-14-5-8-16(20-14)6-1-2-7-16/h3-4,9,14H,1-2,5-8,10-11,18H2. The number of benzene rings is 1. The number of hydrogen-bond acceptors (Lipinski definition) is 3. The monoisotopic (exact) mass is 295 g/mol. The zero-order chi connectivity index (χ0) is 14.0. The van der Waals surface area contributed by atoms with Crippen molar-refractivity contribution in [3.05, 3.63) is 28.8 Å². The number of nitrogens with two attached hydrogens (primary N) is 1. The molecule has 4 heteroatoms. The topological polar surface area (TPSA) is 44.5 Å². The number of ether oxygens (including phenoxy) is 2. The second-order valence-corrected chi connectivity index (χ2v) is 6.37. The van der Waals surface area contributed by atoms with Gasteiger partial charge in [0.25, 0.3) is 0 Å². The molecule has 1 saturated carbocycles. The van der Waals surface area contributed by atoms with E-state index in [4.69, 9.17) is 26.8 Å². The smallest absolute Gasteiger partial charge is 0.125 e. The first-order chi connectivity index (χ1) is 9.71. The Kier molecular flexibility index (Phi) is 4.20. The molecule has 0 amide bonds. The van der Waals surface area contributed by atoms with Crippen molar-refractivity contribution in [2.24, 2.45) is 5.73 Å². The maximum absolute atomic E-state index is 6.25. The Balaban J connectivity index is 1.59. The SMILES string of the molecule is NCc1ccc(Cl)cc1OCC1CCC2(CCCC2)O1. The van der Waals surface area contributed by atoms with Crippen LogP contribution in [0.2, 0.25) is 5.02 Å². The Morgan fingerprint density at radius 1 is 1.30 bits per heavy atom. The molecule has 1 aliphatic carbocycles. The van der Waals surface area contributed by atoms with Crippen molar-refractivity contribution in [1.82, 2.24) is 0 Å². The van der Waals surface area contributed by atoms with Crippen LogP contribution in [0.15, 0.2) is 18.2 Å². The first-order valence-corrected chi connectivity index (χ1v) is 7.88. The molecule has 2 N–H and O–H groups in total. The fourth-order valence-corrected chi connectivity index (χ4v) is 3.58. The minimum atomic E-state index is 0.166. The fraction of sp³-hybridized carbons (Fsp3) is 0.625. The minimum absolute atomic E-state index is 0.166. The number of hydrogen-bond donors (Lipinski definition) is 1. The predicted molar refractivity (Wildman–Crippen MR) is 80.1 cm³/mol. The largest absolute Gasteiger partial charge is 0.490 e. The Labute approximate surface area is 125 Å². The summed E-state index contributed by atoms with van der Waals surface area (Å²) >= 11 is 6.02. The predicted octanol–water partition coefficient (Wildman–Crippen LogP) is 3.67. The summed E-state index contributed by atoms with van der Waals surface area (Å²) in [6.45, 7) is 1.05. The molecular formula is C16H22ClNO2. The van der Waals surface area contributed by atoms with Crippen LogP contribution < -0.4 is 10.5 Å². The van der Waals surface area contributed by atoms with E-state index in [1.807, 2.05) is 18.2 Å². The van der Waals surface area contributed by atoms with E-state index in [0.717, 1.165) is 17.7 Å². The van der Waals surface area contributed by atoms with Crippen molar-refractivity contribution in [1.29, 1.82) is 0 Å². The third kappa shape index (κ3) is 2.95. The summed E-state index contributed by atoms with van der Waals surface area (Å²) in [6, 6.07) is 5.60. The molecule has 1 spiro atoms. The van der Waals surface area contributed by atoms with E-state index in [1.165, 1.54) is 32.1 Å². The third-order valence-electron chi connectivity index (χ3n) is 4.53. The molecule has 1 saturated heterocycles. The normalized spacial score (nSPS) is 24.4. The molecule has 2 fully saturated rings. The van der Waals surface area contributed by atoms with Crippen molar-refractivity contribution < 1.29 is 9.47 Å². The molecule has 110 valence electrons.